The van der Waals surface area contributed by atoms with Gasteiger partial charge in [-0.05, 0) is 41.9 Å². The van der Waals surface area contributed by atoms with Gasteiger partial charge in [0, 0.05) is 18.0 Å². The summed E-state index contributed by atoms with van der Waals surface area (Å²) >= 11 is 0. The van der Waals surface area contributed by atoms with E-state index in [2.05, 4.69) is 29.8 Å². The number of aldehydes is 1. The molecule has 2 aromatic rings. The van der Waals surface area contributed by atoms with Crippen molar-refractivity contribution in [3.8, 4) is 0 Å². The van der Waals surface area contributed by atoms with Gasteiger partial charge in [-0.2, -0.15) is 0 Å². The SMILES string of the molecule is CO.CS(C)(C)c1cccc2[nH]c(C=O)cc12. The monoisotopic (exact) mass is 253 g/mol. The molecule has 0 fully saturated rings. The molecule has 1 aromatic heterocycles. The molecule has 3 nitrogen and oxygen atoms in total. The summed E-state index contributed by atoms with van der Waals surface area (Å²) in [5.74, 6) is 0. The van der Waals surface area contributed by atoms with Crippen LogP contribution in [0.3, 0.4) is 0 Å². The minimum Gasteiger partial charge on any atom is -0.400 e. The Bertz CT molecular complexity index is 512. The summed E-state index contributed by atoms with van der Waals surface area (Å²) in [5, 5.41) is 8.18. The number of benzene rings is 1. The van der Waals surface area contributed by atoms with Crippen LogP contribution in [0.25, 0.3) is 10.9 Å². The molecule has 0 spiro atoms. The Balaban J connectivity index is 0.000000686. The van der Waals surface area contributed by atoms with Crippen molar-refractivity contribution in [3.63, 3.8) is 0 Å². The van der Waals surface area contributed by atoms with Crippen LogP contribution in [0.5, 0.6) is 0 Å². The molecular weight excluding hydrogens is 234 g/mol. The van der Waals surface area contributed by atoms with Crippen LogP contribution in [-0.4, -0.2) is 42.3 Å². The molecule has 4 heteroatoms. The van der Waals surface area contributed by atoms with Crippen LogP contribution in [0.1, 0.15) is 10.5 Å². The number of carbonyl (C=O) groups excluding carboxylic acids is 1. The Hall–Kier alpha value is -1.26. The second kappa shape index (κ2) is 5.38. The molecular formula is C13H19NO2S. The Morgan fingerprint density at radius 3 is 2.41 bits per heavy atom. The number of hydrogen-bond donors (Lipinski definition) is 2. The molecule has 94 valence electrons. The Morgan fingerprint density at radius 1 is 1.24 bits per heavy atom. The fraction of sp³-hybridized carbons (Fsp3) is 0.308. The van der Waals surface area contributed by atoms with Gasteiger partial charge in [0.15, 0.2) is 6.29 Å². The number of hydrogen-bond acceptors (Lipinski definition) is 2. The van der Waals surface area contributed by atoms with E-state index in [1.165, 1.54) is 10.3 Å². The summed E-state index contributed by atoms with van der Waals surface area (Å²) in [6, 6.07) is 8.15. The predicted molar refractivity (Wildman–Crippen MR) is 75.5 cm³/mol. The largest absolute Gasteiger partial charge is 0.400 e. The molecule has 1 heterocycles. The fourth-order valence-corrected chi connectivity index (χ4v) is 3.06. The zero-order chi connectivity index (χ0) is 13.1. The molecule has 0 saturated carbocycles. The van der Waals surface area contributed by atoms with Crippen molar-refractivity contribution in [1.82, 2.24) is 4.98 Å². The van der Waals surface area contributed by atoms with Crippen LogP contribution in [0, 0.1) is 0 Å². The standard InChI is InChI=1S/C12H15NOS.CH4O/c1-15(2,3)12-6-4-5-11-10(12)7-9(8-14)13-11;1-2/h4-8,13H,1-3H3;2H,1H3. The maximum Gasteiger partial charge on any atom is 0.166 e. The zero-order valence-electron chi connectivity index (χ0n) is 10.7. The van der Waals surface area contributed by atoms with Gasteiger partial charge in [-0.1, -0.05) is 6.07 Å². The third kappa shape index (κ3) is 2.90. The molecule has 1 aromatic carbocycles. The van der Waals surface area contributed by atoms with Crippen LogP contribution in [0.15, 0.2) is 29.2 Å². The lowest BCUT2D eigenvalue weighted by atomic mass is 10.2. The number of aliphatic hydroxyl groups excluding tert-OH is 1. The molecule has 0 bridgehead atoms. The van der Waals surface area contributed by atoms with Crippen LogP contribution in [0.4, 0.5) is 0 Å². The van der Waals surface area contributed by atoms with Crippen molar-refractivity contribution in [2.75, 3.05) is 25.9 Å². The number of aromatic nitrogens is 1. The smallest absolute Gasteiger partial charge is 0.166 e. The van der Waals surface area contributed by atoms with Gasteiger partial charge in [0.1, 0.15) is 0 Å². The van der Waals surface area contributed by atoms with Gasteiger partial charge in [-0.25, -0.2) is 10.0 Å². The first-order valence-corrected chi connectivity index (χ1v) is 8.08. The van der Waals surface area contributed by atoms with Gasteiger partial charge >= 0.3 is 0 Å². The van der Waals surface area contributed by atoms with Crippen molar-refractivity contribution >= 4 is 27.2 Å². The molecule has 0 radical (unpaired) electrons. The molecule has 0 saturated heterocycles. The maximum absolute atomic E-state index is 10.7. The van der Waals surface area contributed by atoms with Crippen molar-refractivity contribution in [2.24, 2.45) is 0 Å². The summed E-state index contributed by atoms with van der Waals surface area (Å²) in [4.78, 5) is 15.2. The number of rotatable bonds is 2. The molecule has 2 N–H and O–H groups in total. The third-order valence-corrected chi connectivity index (χ3v) is 4.11. The first-order valence-electron chi connectivity index (χ1n) is 5.22. The number of fused-ring (bicyclic) bond motifs is 1. The Kier molecular flexibility index (Phi) is 4.37. The van der Waals surface area contributed by atoms with Gasteiger partial charge in [0.2, 0.25) is 0 Å². The summed E-state index contributed by atoms with van der Waals surface area (Å²) in [6.07, 6.45) is 7.64. The molecule has 2 rings (SSSR count). The highest BCUT2D eigenvalue weighted by molar-refractivity contribution is 8.32. The summed E-state index contributed by atoms with van der Waals surface area (Å²) < 4.78 is 0. The Morgan fingerprint density at radius 2 is 1.88 bits per heavy atom. The second-order valence-corrected chi connectivity index (χ2v) is 8.51. The average molecular weight is 253 g/mol. The van der Waals surface area contributed by atoms with E-state index in [0.717, 1.165) is 18.9 Å². The number of aromatic amines is 1. The van der Waals surface area contributed by atoms with Crippen LogP contribution >= 0.6 is 10.0 Å². The predicted octanol–water partition coefficient (Wildman–Crippen LogP) is 2.64. The van der Waals surface area contributed by atoms with E-state index < -0.39 is 10.0 Å². The minimum atomic E-state index is -0.760. The number of H-pyrrole nitrogens is 1. The number of nitrogens with one attached hydrogen (secondary N) is 1. The lowest BCUT2D eigenvalue weighted by Crippen LogP contribution is -1.92. The van der Waals surface area contributed by atoms with E-state index in [0.29, 0.717) is 5.69 Å². The Labute approximate surface area is 103 Å². The van der Waals surface area contributed by atoms with Crippen molar-refractivity contribution < 1.29 is 9.90 Å². The lowest BCUT2D eigenvalue weighted by Gasteiger charge is -2.26. The van der Waals surface area contributed by atoms with Gasteiger partial charge in [0.25, 0.3) is 0 Å². The first kappa shape index (κ1) is 13.8. The fourth-order valence-electron chi connectivity index (χ4n) is 1.75. The van der Waals surface area contributed by atoms with Gasteiger partial charge in [-0.3, -0.25) is 4.79 Å². The normalized spacial score (nSPS) is 11.8. The summed E-state index contributed by atoms with van der Waals surface area (Å²) in [6.45, 7) is 0. The van der Waals surface area contributed by atoms with E-state index in [4.69, 9.17) is 5.11 Å². The number of carbonyl (C=O) groups is 1. The molecule has 17 heavy (non-hydrogen) atoms. The summed E-state index contributed by atoms with van der Waals surface area (Å²) in [5.41, 5.74) is 1.71. The lowest BCUT2D eigenvalue weighted by molar-refractivity contribution is 0.112. The van der Waals surface area contributed by atoms with Gasteiger partial charge < -0.3 is 10.1 Å². The van der Waals surface area contributed by atoms with Crippen molar-refractivity contribution in [1.29, 1.82) is 0 Å². The molecule has 0 aliphatic rings. The number of aliphatic hydroxyl groups is 1. The summed E-state index contributed by atoms with van der Waals surface area (Å²) in [7, 11) is 0.240. The molecule has 0 unspecified atom stereocenters. The van der Waals surface area contributed by atoms with Gasteiger partial charge in [-0.15, -0.1) is 0 Å². The molecule has 0 aliphatic carbocycles. The van der Waals surface area contributed by atoms with Crippen molar-refractivity contribution in [2.45, 2.75) is 4.90 Å². The maximum atomic E-state index is 10.7. The molecule has 0 amide bonds. The highest BCUT2D eigenvalue weighted by atomic mass is 32.3. The van der Waals surface area contributed by atoms with Crippen molar-refractivity contribution in [3.05, 3.63) is 30.0 Å². The highest BCUT2D eigenvalue weighted by Gasteiger charge is 2.13. The second-order valence-electron chi connectivity index (χ2n) is 4.40. The molecule has 0 aliphatic heterocycles. The zero-order valence-corrected chi connectivity index (χ0v) is 11.5. The third-order valence-electron chi connectivity index (χ3n) is 2.43. The van der Waals surface area contributed by atoms with Crippen LogP contribution in [0.2, 0.25) is 0 Å². The van der Waals surface area contributed by atoms with E-state index in [9.17, 15) is 4.79 Å². The van der Waals surface area contributed by atoms with E-state index >= 15 is 0 Å². The minimum absolute atomic E-state index is 0.654. The topological polar surface area (TPSA) is 53.1 Å². The van der Waals surface area contributed by atoms with Crippen LogP contribution in [-0.2, 0) is 0 Å². The van der Waals surface area contributed by atoms with E-state index in [-0.39, 0.29) is 0 Å². The van der Waals surface area contributed by atoms with Gasteiger partial charge in [0.05, 0.1) is 5.69 Å². The van der Waals surface area contributed by atoms with E-state index in [1.807, 2.05) is 18.2 Å². The van der Waals surface area contributed by atoms with E-state index in [1.54, 1.807) is 0 Å². The average Bonchev–Trinajstić information content (AvgIpc) is 2.72. The first-order chi connectivity index (χ1) is 8.02. The highest BCUT2D eigenvalue weighted by Crippen LogP contribution is 2.48. The molecule has 0 atom stereocenters. The van der Waals surface area contributed by atoms with Crippen LogP contribution < -0.4 is 0 Å². The quantitative estimate of drug-likeness (QED) is 0.808.